The highest BCUT2D eigenvalue weighted by molar-refractivity contribution is 9.10. The van der Waals surface area contributed by atoms with Crippen molar-refractivity contribution >= 4 is 33.2 Å². The minimum absolute atomic E-state index is 0.00567. The van der Waals surface area contributed by atoms with Crippen LogP contribution in [0.3, 0.4) is 0 Å². The summed E-state index contributed by atoms with van der Waals surface area (Å²) in [4.78, 5) is 18.2. The number of amides is 1. The molecule has 1 amide bonds. The Bertz CT molecular complexity index is 1100. The van der Waals surface area contributed by atoms with Crippen LogP contribution in [0.1, 0.15) is 18.3 Å². The Morgan fingerprint density at radius 2 is 1.96 bits per heavy atom. The average Bonchev–Trinajstić information content (AvgIpc) is 2.88. The Kier molecular flexibility index (Phi) is 4.14. The van der Waals surface area contributed by atoms with E-state index in [1.165, 1.54) is 24.1 Å². The third kappa shape index (κ3) is 2.86. The number of hydrogen-bond donors (Lipinski definition) is 0. The van der Waals surface area contributed by atoms with E-state index in [0.29, 0.717) is 23.1 Å². The van der Waals surface area contributed by atoms with Gasteiger partial charge >= 0.3 is 0 Å². The van der Waals surface area contributed by atoms with Gasteiger partial charge in [0.05, 0.1) is 28.1 Å². The van der Waals surface area contributed by atoms with Gasteiger partial charge in [-0.3, -0.25) is 9.69 Å². The van der Waals surface area contributed by atoms with Crippen LogP contribution in [0.2, 0.25) is 0 Å². The highest BCUT2D eigenvalue weighted by Gasteiger charge is 2.35. The molecule has 0 unspecified atom stereocenters. The molecule has 0 aliphatic carbocycles. The van der Waals surface area contributed by atoms with E-state index in [-0.39, 0.29) is 22.5 Å². The second kappa shape index (κ2) is 6.26. The molecule has 0 N–H and O–H groups in total. The lowest BCUT2D eigenvalue weighted by molar-refractivity contribution is -0.125. The molecule has 9 heteroatoms. The zero-order valence-corrected chi connectivity index (χ0v) is 15.8. The molecule has 1 aromatic carbocycles. The van der Waals surface area contributed by atoms with E-state index in [0.717, 1.165) is 6.07 Å². The lowest BCUT2D eigenvalue weighted by Crippen LogP contribution is -2.44. The molecular weight excluding hydrogens is 427 g/mol. The number of carbonyl (C=O) groups is 1. The first-order chi connectivity index (χ1) is 12.8. The molecular formula is C18H13BrF3N3O2. The third-order valence-corrected chi connectivity index (χ3v) is 5.04. The Balaban J connectivity index is 1.86. The summed E-state index contributed by atoms with van der Waals surface area (Å²) < 4.78 is 48.9. The van der Waals surface area contributed by atoms with Crippen LogP contribution < -0.4 is 9.64 Å². The van der Waals surface area contributed by atoms with Crippen LogP contribution in [0.25, 0.3) is 5.65 Å². The van der Waals surface area contributed by atoms with Gasteiger partial charge in [0, 0.05) is 24.4 Å². The van der Waals surface area contributed by atoms with Crippen molar-refractivity contribution in [3.8, 4) is 5.75 Å². The monoisotopic (exact) mass is 439 g/mol. The van der Waals surface area contributed by atoms with Crippen LogP contribution in [0, 0.1) is 24.4 Å². The number of ether oxygens (including phenoxy) is 1. The van der Waals surface area contributed by atoms with Crippen LogP contribution in [-0.2, 0) is 11.3 Å². The summed E-state index contributed by atoms with van der Waals surface area (Å²) in [5.41, 5.74) is 1.52. The quantitative estimate of drug-likeness (QED) is 0.602. The van der Waals surface area contributed by atoms with E-state index in [1.807, 2.05) is 0 Å². The Morgan fingerprint density at radius 1 is 1.22 bits per heavy atom. The molecule has 27 heavy (non-hydrogen) atoms. The van der Waals surface area contributed by atoms with E-state index >= 15 is 0 Å². The summed E-state index contributed by atoms with van der Waals surface area (Å²) in [6, 6.07) is 3.02. The molecule has 3 heterocycles. The highest BCUT2D eigenvalue weighted by Crippen LogP contribution is 2.38. The molecule has 0 spiro atoms. The Hall–Kier alpha value is -2.55. The van der Waals surface area contributed by atoms with Gasteiger partial charge < -0.3 is 9.14 Å². The lowest BCUT2D eigenvalue weighted by atomic mass is 10.1. The van der Waals surface area contributed by atoms with Gasteiger partial charge in [0.1, 0.15) is 17.3 Å². The Labute approximate surface area is 160 Å². The standard InChI is InChI=1S/C18H13BrF3N3O2/c1-8-15(24-6-11(19)12(21)5-16(24)23-8)7-25-14-4-10(20)3-13(22)17(14)27-9(2)18(25)26/h3-6,9H,7H2,1-2H3/t9-/m1/s1. The second-order valence-electron chi connectivity index (χ2n) is 6.26. The zero-order chi connectivity index (χ0) is 19.5. The largest absolute Gasteiger partial charge is 0.476 e. The molecule has 5 nitrogen and oxygen atoms in total. The predicted octanol–water partition coefficient (Wildman–Crippen LogP) is 4.14. The van der Waals surface area contributed by atoms with Crippen LogP contribution in [0.4, 0.5) is 18.9 Å². The summed E-state index contributed by atoms with van der Waals surface area (Å²) in [7, 11) is 0. The average molecular weight is 440 g/mol. The molecule has 0 bridgehead atoms. The molecule has 140 valence electrons. The first kappa shape index (κ1) is 17.8. The maximum Gasteiger partial charge on any atom is 0.268 e. The van der Waals surface area contributed by atoms with E-state index < -0.39 is 29.5 Å². The van der Waals surface area contributed by atoms with Crippen molar-refractivity contribution in [1.82, 2.24) is 9.38 Å². The van der Waals surface area contributed by atoms with Gasteiger partial charge in [-0.2, -0.15) is 0 Å². The number of aryl methyl sites for hydroxylation is 1. The van der Waals surface area contributed by atoms with Gasteiger partial charge in [-0.05, 0) is 29.8 Å². The fourth-order valence-electron chi connectivity index (χ4n) is 3.14. The summed E-state index contributed by atoms with van der Waals surface area (Å²) in [5, 5.41) is 0. The van der Waals surface area contributed by atoms with Crippen LogP contribution in [-0.4, -0.2) is 21.4 Å². The molecule has 1 aliphatic rings. The minimum atomic E-state index is -0.930. The van der Waals surface area contributed by atoms with E-state index in [1.54, 1.807) is 11.3 Å². The van der Waals surface area contributed by atoms with Gasteiger partial charge in [0.2, 0.25) is 0 Å². The number of aromatic nitrogens is 2. The summed E-state index contributed by atoms with van der Waals surface area (Å²) in [6.07, 6.45) is 0.572. The van der Waals surface area contributed by atoms with Crippen LogP contribution in [0.5, 0.6) is 5.75 Å². The van der Waals surface area contributed by atoms with Crippen molar-refractivity contribution in [2.75, 3.05) is 4.90 Å². The van der Waals surface area contributed by atoms with Gasteiger partial charge in [0.25, 0.3) is 5.91 Å². The zero-order valence-electron chi connectivity index (χ0n) is 14.3. The molecule has 0 saturated heterocycles. The number of pyridine rings is 1. The van der Waals surface area contributed by atoms with Crippen LogP contribution >= 0.6 is 15.9 Å². The number of nitrogens with zero attached hydrogens (tertiary/aromatic N) is 3. The number of carbonyl (C=O) groups excluding carboxylic acids is 1. The maximum absolute atomic E-state index is 14.1. The number of anilines is 1. The van der Waals surface area contributed by atoms with E-state index in [9.17, 15) is 18.0 Å². The second-order valence-corrected chi connectivity index (χ2v) is 7.12. The number of benzene rings is 1. The fourth-order valence-corrected chi connectivity index (χ4v) is 3.46. The van der Waals surface area contributed by atoms with Gasteiger partial charge in [-0.1, -0.05) is 0 Å². The van der Waals surface area contributed by atoms with Crippen molar-refractivity contribution in [2.45, 2.75) is 26.5 Å². The molecule has 0 saturated carbocycles. The lowest BCUT2D eigenvalue weighted by Gasteiger charge is -2.33. The molecule has 1 atom stereocenters. The third-order valence-electron chi connectivity index (χ3n) is 4.46. The van der Waals surface area contributed by atoms with E-state index in [4.69, 9.17) is 4.74 Å². The molecule has 0 radical (unpaired) electrons. The van der Waals surface area contributed by atoms with Crippen molar-refractivity contribution in [2.24, 2.45) is 0 Å². The number of halogens is 4. The first-order valence-electron chi connectivity index (χ1n) is 8.06. The van der Waals surface area contributed by atoms with Crippen molar-refractivity contribution in [3.05, 3.63) is 57.7 Å². The minimum Gasteiger partial charge on any atom is -0.476 e. The number of hydrogen-bond acceptors (Lipinski definition) is 3. The molecule has 4 rings (SSSR count). The first-order valence-corrected chi connectivity index (χ1v) is 8.85. The molecule has 2 aromatic heterocycles. The smallest absolute Gasteiger partial charge is 0.268 e. The molecule has 1 aliphatic heterocycles. The SMILES string of the molecule is Cc1nc2cc(F)c(Br)cn2c1CN1C(=O)[C@@H](C)Oc2c(F)cc(F)cc21. The topological polar surface area (TPSA) is 46.8 Å². The van der Waals surface area contributed by atoms with Gasteiger partial charge in [0.15, 0.2) is 17.7 Å². The number of imidazole rings is 1. The summed E-state index contributed by atoms with van der Waals surface area (Å²) in [6.45, 7) is 3.21. The molecule has 3 aromatic rings. The van der Waals surface area contributed by atoms with E-state index in [2.05, 4.69) is 20.9 Å². The van der Waals surface area contributed by atoms with Crippen LogP contribution in [0.15, 0.2) is 28.9 Å². The van der Waals surface area contributed by atoms with Crippen molar-refractivity contribution in [3.63, 3.8) is 0 Å². The summed E-state index contributed by atoms with van der Waals surface area (Å²) >= 11 is 3.13. The fraction of sp³-hybridized carbons (Fsp3) is 0.222. The van der Waals surface area contributed by atoms with Crippen molar-refractivity contribution in [1.29, 1.82) is 0 Å². The van der Waals surface area contributed by atoms with Crippen molar-refractivity contribution < 1.29 is 22.7 Å². The predicted molar refractivity (Wildman–Crippen MR) is 95.2 cm³/mol. The highest BCUT2D eigenvalue weighted by atomic mass is 79.9. The number of rotatable bonds is 2. The Morgan fingerprint density at radius 3 is 2.70 bits per heavy atom. The normalized spacial score (nSPS) is 16.6. The molecule has 0 fully saturated rings. The number of fused-ring (bicyclic) bond motifs is 2. The summed E-state index contributed by atoms with van der Waals surface area (Å²) in [5.74, 6) is -2.79. The van der Waals surface area contributed by atoms with Gasteiger partial charge in [-0.15, -0.1) is 0 Å². The van der Waals surface area contributed by atoms with Gasteiger partial charge in [-0.25, -0.2) is 18.2 Å². The maximum atomic E-state index is 14.1.